The zero-order valence-electron chi connectivity index (χ0n) is 8.67. The summed E-state index contributed by atoms with van der Waals surface area (Å²) in [7, 11) is 0. The van der Waals surface area contributed by atoms with E-state index in [1.165, 1.54) is 12.1 Å². The highest BCUT2D eigenvalue weighted by atomic mass is 35.5. The summed E-state index contributed by atoms with van der Waals surface area (Å²) < 4.78 is 18.2. The third-order valence-electron chi connectivity index (χ3n) is 1.43. The van der Waals surface area contributed by atoms with Crippen LogP contribution in [0.2, 0.25) is 5.15 Å². The van der Waals surface area contributed by atoms with Crippen LogP contribution in [0, 0.1) is 5.95 Å². The zero-order chi connectivity index (χ0) is 11.6. The molecule has 0 fully saturated rings. The molecule has 0 aliphatic carbocycles. The van der Waals surface area contributed by atoms with Crippen molar-refractivity contribution in [3.05, 3.63) is 28.8 Å². The van der Waals surface area contributed by atoms with Crippen molar-refractivity contribution in [1.82, 2.24) is 4.98 Å². The van der Waals surface area contributed by atoms with Crippen molar-refractivity contribution < 1.29 is 13.9 Å². The van der Waals surface area contributed by atoms with E-state index in [4.69, 9.17) is 16.3 Å². The highest BCUT2D eigenvalue weighted by Gasteiger charge is 2.21. The molecule has 1 heterocycles. The third kappa shape index (κ3) is 3.47. The van der Waals surface area contributed by atoms with Gasteiger partial charge in [0.1, 0.15) is 16.3 Å². The number of carbonyl (C=O) groups excluding carboxylic acids is 1. The monoisotopic (exact) mass is 231 g/mol. The van der Waals surface area contributed by atoms with Crippen molar-refractivity contribution >= 4 is 17.6 Å². The van der Waals surface area contributed by atoms with Crippen LogP contribution in [0.4, 0.5) is 4.39 Å². The van der Waals surface area contributed by atoms with Crippen LogP contribution in [-0.2, 0) is 4.74 Å². The van der Waals surface area contributed by atoms with E-state index in [-0.39, 0.29) is 10.7 Å². The van der Waals surface area contributed by atoms with Gasteiger partial charge in [0.2, 0.25) is 5.95 Å². The van der Waals surface area contributed by atoms with E-state index >= 15 is 0 Å². The average molecular weight is 232 g/mol. The SMILES string of the molecule is CC(C)(C)OC(=O)c1ccc(Cl)nc1F. The number of esters is 1. The molecule has 0 radical (unpaired) electrons. The minimum atomic E-state index is -0.920. The van der Waals surface area contributed by atoms with Crippen LogP contribution in [0.15, 0.2) is 12.1 Å². The van der Waals surface area contributed by atoms with Gasteiger partial charge in [-0.1, -0.05) is 11.6 Å². The van der Waals surface area contributed by atoms with Gasteiger partial charge in [0.25, 0.3) is 0 Å². The van der Waals surface area contributed by atoms with Crippen molar-refractivity contribution in [2.45, 2.75) is 26.4 Å². The van der Waals surface area contributed by atoms with Gasteiger partial charge in [0, 0.05) is 0 Å². The number of aromatic nitrogens is 1. The molecular formula is C10H11ClFNO2. The van der Waals surface area contributed by atoms with Crippen LogP contribution in [0.1, 0.15) is 31.1 Å². The largest absolute Gasteiger partial charge is 0.456 e. The summed E-state index contributed by atoms with van der Waals surface area (Å²) in [5.41, 5.74) is -0.877. The topological polar surface area (TPSA) is 39.2 Å². The van der Waals surface area contributed by atoms with E-state index in [9.17, 15) is 9.18 Å². The summed E-state index contributed by atoms with van der Waals surface area (Å²) in [5, 5.41) is -0.000177. The Hall–Kier alpha value is -1.16. The summed E-state index contributed by atoms with van der Waals surface area (Å²) in [5.74, 6) is -1.67. The van der Waals surface area contributed by atoms with Gasteiger partial charge in [-0.3, -0.25) is 0 Å². The van der Waals surface area contributed by atoms with E-state index < -0.39 is 17.5 Å². The molecule has 0 N–H and O–H groups in total. The van der Waals surface area contributed by atoms with Gasteiger partial charge in [-0.2, -0.15) is 4.39 Å². The fourth-order valence-corrected chi connectivity index (χ4v) is 1.03. The Kier molecular flexibility index (Phi) is 3.29. The maximum atomic E-state index is 13.2. The van der Waals surface area contributed by atoms with Crippen LogP contribution in [-0.4, -0.2) is 16.6 Å². The highest BCUT2D eigenvalue weighted by molar-refractivity contribution is 6.29. The van der Waals surface area contributed by atoms with Gasteiger partial charge >= 0.3 is 5.97 Å². The molecule has 0 bridgehead atoms. The van der Waals surface area contributed by atoms with Gasteiger partial charge in [-0.25, -0.2) is 9.78 Å². The Morgan fingerprint density at radius 2 is 2.07 bits per heavy atom. The van der Waals surface area contributed by atoms with E-state index in [2.05, 4.69) is 4.98 Å². The molecule has 0 aliphatic rings. The van der Waals surface area contributed by atoms with E-state index in [0.29, 0.717) is 0 Å². The molecule has 5 heteroatoms. The Morgan fingerprint density at radius 3 is 2.53 bits per heavy atom. The number of carbonyl (C=O) groups is 1. The van der Waals surface area contributed by atoms with Crippen LogP contribution in [0.3, 0.4) is 0 Å². The van der Waals surface area contributed by atoms with Gasteiger partial charge in [0.05, 0.1) is 0 Å². The molecule has 1 aromatic rings. The van der Waals surface area contributed by atoms with Gasteiger partial charge < -0.3 is 4.74 Å². The second-order valence-electron chi connectivity index (χ2n) is 3.97. The number of rotatable bonds is 1. The highest BCUT2D eigenvalue weighted by Crippen LogP contribution is 2.15. The van der Waals surface area contributed by atoms with Crippen molar-refractivity contribution in [1.29, 1.82) is 0 Å². The molecule has 0 saturated heterocycles. The summed E-state index contributed by atoms with van der Waals surface area (Å²) in [4.78, 5) is 14.8. The molecule has 3 nitrogen and oxygen atoms in total. The average Bonchev–Trinajstić information content (AvgIpc) is 1.99. The maximum Gasteiger partial charge on any atom is 0.343 e. The Bertz CT molecular complexity index is 387. The first-order chi connectivity index (χ1) is 6.79. The van der Waals surface area contributed by atoms with Gasteiger partial charge in [-0.15, -0.1) is 0 Å². The molecule has 82 valence electrons. The van der Waals surface area contributed by atoms with Crippen molar-refractivity contribution in [3.8, 4) is 0 Å². The smallest absolute Gasteiger partial charge is 0.343 e. The van der Waals surface area contributed by atoms with Gasteiger partial charge in [-0.05, 0) is 32.9 Å². The lowest BCUT2D eigenvalue weighted by Crippen LogP contribution is -2.24. The minimum absolute atomic E-state index is 0.000177. The molecule has 0 aromatic carbocycles. The van der Waals surface area contributed by atoms with Crippen molar-refractivity contribution in [3.63, 3.8) is 0 Å². The first kappa shape index (κ1) is 11.9. The Labute approximate surface area is 92.2 Å². The van der Waals surface area contributed by atoms with Crippen molar-refractivity contribution in [2.75, 3.05) is 0 Å². The normalized spacial score (nSPS) is 11.3. The summed E-state index contributed by atoms with van der Waals surface area (Å²) in [6.45, 7) is 5.10. The lowest BCUT2D eigenvalue weighted by atomic mass is 10.2. The van der Waals surface area contributed by atoms with E-state index in [1.807, 2.05) is 0 Å². The molecule has 0 saturated carbocycles. The lowest BCUT2D eigenvalue weighted by molar-refractivity contribution is 0.00637. The number of pyridine rings is 1. The molecule has 1 rings (SSSR count). The van der Waals surface area contributed by atoms with Crippen LogP contribution >= 0.6 is 11.6 Å². The molecule has 1 aromatic heterocycles. The number of nitrogens with zero attached hydrogens (tertiary/aromatic N) is 1. The Morgan fingerprint density at radius 1 is 1.47 bits per heavy atom. The predicted octanol–water partition coefficient (Wildman–Crippen LogP) is 2.83. The van der Waals surface area contributed by atoms with Crippen LogP contribution < -0.4 is 0 Å². The second kappa shape index (κ2) is 4.14. The molecule has 0 spiro atoms. The minimum Gasteiger partial charge on any atom is -0.456 e. The van der Waals surface area contributed by atoms with E-state index in [0.717, 1.165) is 0 Å². The fourth-order valence-electron chi connectivity index (χ4n) is 0.897. The molecule has 0 amide bonds. The summed E-state index contributed by atoms with van der Waals surface area (Å²) in [6.07, 6.45) is 0. The zero-order valence-corrected chi connectivity index (χ0v) is 9.43. The molecule has 15 heavy (non-hydrogen) atoms. The molecular weight excluding hydrogens is 221 g/mol. The fraction of sp³-hybridized carbons (Fsp3) is 0.400. The standard InChI is InChI=1S/C10H11ClFNO2/c1-10(2,3)15-9(14)6-4-5-7(11)13-8(6)12/h4-5H,1-3H3. The first-order valence-electron chi connectivity index (χ1n) is 4.35. The number of halogens is 2. The molecule has 0 aliphatic heterocycles. The Balaban J connectivity index is 2.92. The lowest BCUT2D eigenvalue weighted by Gasteiger charge is -2.19. The number of hydrogen-bond donors (Lipinski definition) is 0. The van der Waals surface area contributed by atoms with Crippen LogP contribution in [0.5, 0.6) is 0 Å². The second-order valence-corrected chi connectivity index (χ2v) is 4.36. The summed E-state index contributed by atoms with van der Waals surface area (Å²) >= 11 is 5.45. The van der Waals surface area contributed by atoms with Crippen LogP contribution in [0.25, 0.3) is 0 Å². The maximum absolute atomic E-state index is 13.2. The van der Waals surface area contributed by atoms with Crippen molar-refractivity contribution in [2.24, 2.45) is 0 Å². The van der Waals surface area contributed by atoms with Gasteiger partial charge in [0.15, 0.2) is 0 Å². The third-order valence-corrected chi connectivity index (χ3v) is 1.64. The number of hydrogen-bond acceptors (Lipinski definition) is 3. The molecule has 0 atom stereocenters. The predicted molar refractivity (Wildman–Crippen MR) is 54.4 cm³/mol. The first-order valence-corrected chi connectivity index (χ1v) is 4.73. The molecule has 0 unspecified atom stereocenters. The number of ether oxygens (including phenoxy) is 1. The van der Waals surface area contributed by atoms with E-state index in [1.54, 1.807) is 20.8 Å². The summed E-state index contributed by atoms with van der Waals surface area (Å²) in [6, 6.07) is 2.59. The quantitative estimate of drug-likeness (QED) is 0.551.